The molecule has 3 heteroatoms. The number of hydrogen-bond acceptors (Lipinski definition) is 1. The Labute approximate surface area is 98.2 Å². The monoisotopic (exact) mass is 271 g/mol. The number of rotatable bonds is 4. The summed E-state index contributed by atoms with van der Waals surface area (Å²) in [7, 11) is 0. The van der Waals surface area contributed by atoms with Crippen molar-refractivity contribution in [2.75, 3.05) is 6.54 Å². The van der Waals surface area contributed by atoms with Crippen molar-refractivity contribution in [3.05, 3.63) is 34.1 Å². The molecule has 1 saturated carbocycles. The maximum Gasteiger partial charge on any atom is 0.137 e. The van der Waals surface area contributed by atoms with Crippen molar-refractivity contribution in [1.82, 2.24) is 5.32 Å². The lowest BCUT2D eigenvalue weighted by Crippen LogP contribution is -2.21. The van der Waals surface area contributed by atoms with Crippen molar-refractivity contribution in [3.8, 4) is 0 Å². The third kappa shape index (κ3) is 3.02. The number of halogens is 2. The van der Waals surface area contributed by atoms with Gasteiger partial charge in [-0.2, -0.15) is 0 Å². The van der Waals surface area contributed by atoms with E-state index in [1.165, 1.54) is 12.8 Å². The van der Waals surface area contributed by atoms with Crippen molar-refractivity contribution < 1.29 is 4.39 Å². The number of nitrogens with one attached hydrogen (secondary N) is 1. The van der Waals surface area contributed by atoms with Crippen LogP contribution >= 0.6 is 15.9 Å². The van der Waals surface area contributed by atoms with E-state index in [9.17, 15) is 4.39 Å². The van der Waals surface area contributed by atoms with Gasteiger partial charge >= 0.3 is 0 Å². The summed E-state index contributed by atoms with van der Waals surface area (Å²) in [5, 5.41) is 3.43. The van der Waals surface area contributed by atoms with Crippen LogP contribution in [0.2, 0.25) is 0 Å². The molecule has 0 aliphatic heterocycles. The first kappa shape index (κ1) is 11.1. The molecule has 15 heavy (non-hydrogen) atoms. The minimum absolute atomic E-state index is 0.187. The highest BCUT2D eigenvalue weighted by Crippen LogP contribution is 2.28. The summed E-state index contributed by atoms with van der Waals surface area (Å²) < 4.78 is 13.8. The van der Waals surface area contributed by atoms with Crippen LogP contribution in [0.5, 0.6) is 0 Å². The van der Waals surface area contributed by atoms with Gasteiger partial charge < -0.3 is 5.32 Å². The molecule has 0 spiro atoms. The van der Waals surface area contributed by atoms with Crippen molar-refractivity contribution in [1.29, 1.82) is 0 Å². The Morgan fingerprint density at radius 1 is 1.53 bits per heavy atom. The first-order valence-electron chi connectivity index (χ1n) is 5.35. The minimum Gasteiger partial charge on any atom is -0.310 e. The summed E-state index contributed by atoms with van der Waals surface area (Å²) >= 11 is 3.16. The predicted octanol–water partition coefficient (Wildman–Crippen LogP) is 3.65. The molecule has 0 radical (unpaired) electrons. The van der Waals surface area contributed by atoms with E-state index in [4.69, 9.17) is 0 Å². The van der Waals surface area contributed by atoms with E-state index in [1.807, 2.05) is 6.07 Å². The van der Waals surface area contributed by atoms with Gasteiger partial charge in [-0.25, -0.2) is 4.39 Å². The smallest absolute Gasteiger partial charge is 0.137 e. The molecule has 0 heterocycles. The lowest BCUT2D eigenvalue weighted by Gasteiger charge is -2.14. The average molecular weight is 272 g/mol. The fourth-order valence-corrected chi connectivity index (χ4v) is 1.81. The Bertz CT molecular complexity index is 349. The normalized spacial score (nSPS) is 17.8. The Morgan fingerprint density at radius 3 is 2.87 bits per heavy atom. The van der Waals surface area contributed by atoms with Gasteiger partial charge in [0.25, 0.3) is 0 Å². The molecule has 1 fully saturated rings. The van der Waals surface area contributed by atoms with E-state index in [0.29, 0.717) is 4.47 Å². The van der Waals surface area contributed by atoms with Gasteiger partial charge in [0, 0.05) is 6.04 Å². The van der Waals surface area contributed by atoms with E-state index >= 15 is 0 Å². The summed E-state index contributed by atoms with van der Waals surface area (Å²) in [6.07, 6.45) is 2.68. The molecule has 1 nitrogen and oxygen atoms in total. The van der Waals surface area contributed by atoms with Crippen LogP contribution in [0.1, 0.15) is 31.4 Å². The molecule has 0 aromatic heterocycles. The predicted molar refractivity (Wildman–Crippen MR) is 63.2 cm³/mol. The Morgan fingerprint density at radius 2 is 2.27 bits per heavy atom. The fourth-order valence-electron chi connectivity index (χ4n) is 1.56. The van der Waals surface area contributed by atoms with Crippen LogP contribution in [-0.2, 0) is 0 Å². The first-order valence-corrected chi connectivity index (χ1v) is 6.14. The van der Waals surface area contributed by atoms with Crippen molar-refractivity contribution in [3.63, 3.8) is 0 Å². The SMILES string of the molecule is CC(NCC1CC1)c1ccc(Br)c(F)c1. The Hall–Kier alpha value is -0.410. The highest BCUT2D eigenvalue weighted by molar-refractivity contribution is 9.10. The summed E-state index contributed by atoms with van der Waals surface area (Å²) in [4.78, 5) is 0. The van der Waals surface area contributed by atoms with Crippen LogP contribution in [0.15, 0.2) is 22.7 Å². The number of hydrogen-bond donors (Lipinski definition) is 1. The molecule has 1 unspecified atom stereocenters. The molecule has 0 saturated heterocycles. The van der Waals surface area contributed by atoms with Crippen LogP contribution in [0.4, 0.5) is 4.39 Å². The van der Waals surface area contributed by atoms with Crippen LogP contribution < -0.4 is 5.32 Å². The topological polar surface area (TPSA) is 12.0 Å². The van der Waals surface area contributed by atoms with Gasteiger partial charge in [-0.3, -0.25) is 0 Å². The van der Waals surface area contributed by atoms with E-state index in [0.717, 1.165) is 18.0 Å². The van der Waals surface area contributed by atoms with Gasteiger partial charge in [-0.05, 0) is 65.9 Å². The Kier molecular flexibility index (Phi) is 3.42. The van der Waals surface area contributed by atoms with Crippen LogP contribution in [0.3, 0.4) is 0 Å². The van der Waals surface area contributed by atoms with Crippen LogP contribution in [-0.4, -0.2) is 6.54 Å². The van der Waals surface area contributed by atoms with Gasteiger partial charge in [-0.1, -0.05) is 6.07 Å². The average Bonchev–Trinajstić information content (AvgIpc) is 3.02. The van der Waals surface area contributed by atoms with Gasteiger partial charge in [-0.15, -0.1) is 0 Å². The molecule has 1 aromatic carbocycles. The van der Waals surface area contributed by atoms with Crippen molar-refractivity contribution in [2.45, 2.75) is 25.8 Å². The third-order valence-electron chi connectivity index (χ3n) is 2.85. The lowest BCUT2D eigenvalue weighted by atomic mass is 10.1. The van der Waals surface area contributed by atoms with Crippen LogP contribution in [0.25, 0.3) is 0 Å². The molecule has 0 bridgehead atoms. The maximum absolute atomic E-state index is 13.3. The van der Waals surface area contributed by atoms with Gasteiger partial charge in [0.2, 0.25) is 0 Å². The van der Waals surface area contributed by atoms with E-state index in [1.54, 1.807) is 12.1 Å². The third-order valence-corrected chi connectivity index (χ3v) is 3.50. The zero-order chi connectivity index (χ0) is 10.8. The summed E-state index contributed by atoms with van der Waals surface area (Å²) in [6.45, 7) is 3.13. The Balaban J connectivity index is 1.97. The summed E-state index contributed by atoms with van der Waals surface area (Å²) in [6, 6.07) is 5.54. The quantitative estimate of drug-likeness (QED) is 0.882. The van der Waals surface area contributed by atoms with E-state index < -0.39 is 0 Å². The molecule has 2 rings (SSSR count). The largest absolute Gasteiger partial charge is 0.310 e. The van der Waals surface area contributed by atoms with Gasteiger partial charge in [0.1, 0.15) is 5.82 Å². The second-order valence-electron chi connectivity index (χ2n) is 4.25. The van der Waals surface area contributed by atoms with Crippen molar-refractivity contribution in [2.24, 2.45) is 5.92 Å². The highest BCUT2D eigenvalue weighted by atomic mass is 79.9. The summed E-state index contributed by atoms with van der Waals surface area (Å²) in [5.74, 6) is 0.667. The lowest BCUT2D eigenvalue weighted by molar-refractivity contribution is 0.542. The standard InChI is InChI=1S/C12H15BrFN/c1-8(15-7-9-2-3-9)10-4-5-11(13)12(14)6-10/h4-6,8-9,15H,2-3,7H2,1H3. The zero-order valence-electron chi connectivity index (χ0n) is 8.76. The number of benzene rings is 1. The maximum atomic E-state index is 13.3. The zero-order valence-corrected chi connectivity index (χ0v) is 10.3. The van der Waals surface area contributed by atoms with Crippen molar-refractivity contribution >= 4 is 15.9 Å². The molecule has 0 amide bonds. The van der Waals surface area contributed by atoms with Crippen LogP contribution in [0, 0.1) is 11.7 Å². The molecule has 1 aliphatic rings. The first-order chi connectivity index (χ1) is 7.16. The molecule has 82 valence electrons. The molecule has 1 aliphatic carbocycles. The van der Waals surface area contributed by atoms with E-state index in [2.05, 4.69) is 28.2 Å². The minimum atomic E-state index is -0.187. The molecule has 1 atom stereocenters. The van der Waals surface area contributed by atoms with Gasteiger partial charge in [0.05, 0.1) is 4.47 Å². The molecule has 1 aromatic rings. The highest BCUT2D eigenvalue weighted by Gasteiger charge is 2.21. The molecular formula is C12H15BrFN. The van der Waals surface area contributed by atoms with E-state index in [-0.39, 0.29) is 11.9 Å². The molecule has 1 N–H and O–H groups in total. The summed E-state index contributed by atoms with van der Waals surface area (Å²) in [5.41, 5.74) is 1.01. The second-order valence-corrected chi connectivity index (χ2v) is 5.10. The molecular weight excluding hydrogens is 257 g/mol. The van der Waals surface area contributed by atoms with Gasteiger partial charge in [0.15, 0.2) is 0 Å². The second kappa shape index (κ2) is 4.62. The fraction of sp³-hybridized carbons (Fsp3) is 0.500.